The Morgan fingerprint density at radius 1 is 1.38 bits per heavy atom. The summed E-state index contributed by atoms with van der Waals surface area (Å²) in [6.45, 7) is 4.87. The van der Waals surface area contributed by atoms with E-state index in [1.165, 1.54) is 17.0 Å². The van der Waals surface area contributed by atoms with Crippen LogP contribution >= 0.6 is 22.3 Å². The fourth-order valence-electron chi connectivity index (χ4n) is 1.67. The Balaban J connectivity index is 3.11. The number of ether oxygens (including phenoxy) is 1. The van der Waals surface area contributed by atoms with Crippen molar-refractivity contribution in [1.29, 1.82) is 0 Å². The molecule has 0 aromatic heterocycles. The van der Waals surface area contributed by atoms with Crippen LogP contribution in [0.25, 0.3) is 0 Å². The van der Waals surface area contributed by atoms with E-state index in [4.69, 9.17) is 27.0 Å². The number of hydrogen-bond acceptors (Lipinski definition) is 4. The Morgan fingerprint density at radius 3 is 2.52 bits per heavy atom. The second-order valence-corrected chi connectivity index (χ2v) is 7.41. The second-order valence-electron chi connectivity index (χ2n) is 4.44. The van der Waals surface area contributed by atoms with E-state index in [2.05, 4.69) is 0 Å². The molecule has 118 valence electrons. The smallest absolute Gasteiger partial charge is 0.261 e. The van der Waals surface area contributed by atoms with Gasteiger partial charge in [-0.1, -0.05) is 11.6 Å². The van der Waals surface area contributed by atoms with Crippen molar-refractivity contribution < 1.29 is 17.9 Å². The predicted molar refractivity (Wildman–Crippen MR) is 82.7 cm³/mol. The van der Waals surface area contributed by atoms with Gasteiger partial charge >= 0.3 is 0 Å². The Bertz CT molecular complexity index is 631. The third-order valence-electron chi connectivity index (χ3n) is 2.95. The van der Waals surface area contributed by atoms with Crippen LogP contribution < -0.4 is 0 Å². The number of amides is 1. The number of nitrogens with zero attached hydrogens (tertiary/aromatic N) is 1. The molecule has 1 aromatic rings. The standard InChI is InChI=1S/C13H17Cl2NO4S/c1-4-20-6-5-16(3)13(17)11-7-10(21(15,18)19)8-12(14)9(11)2/h7-8H,4-6H2,1-3H3. The van der Waals surface area contributed by atoms with Gasteiger partial charge in [-0.2, -0.15) is 0 Å². The lowest BCUT2D eigenvalue weighted by Crippen LogP contribution is -2.30. The first-order chi connectivity index (χ1) is 9.68. The Morgan fingerprint density at radius 2 is 2.00 bits per heavy atom. The van der Waals surface area contributed by atoms with Gasteiger partial charge in [-0.25, -0.2) is 8.42 Å². The highest BCUT2D eigenvalue weighted by atomic mass is 35.7. The van der Waals surface area contributed by atoms with Gasteiger partial charge < -0.3 is 9.64 Å². The summed E-state index contributed by atoms with van der Waals surface area (Å²) in [7, 11) is 2.97. The number of carbonyl (C=O) groups excluding carboxylic acids is 1. The molecule has 0 unspecified atom stereocenters. The number of hydrogen-bond donors (Lipinski definition) is 0. The molecule has 1 amide bonds. The van der Waals surface area contributed by atoms with E-state index >= 15 is 0 Å². The normalized spacial score (nSPS) is 11.5. The summed E-state index contributed by atoms with van der Waals surface area (Å²) in [6.07, 6.45) is 0. The van der Waals surface area contributed by atoms with Crippen molar-refractivity contribution in [3.05, 3.63) is 28.3 Å². The summed E-state index contributed by atoms with van der Waals surface area (Å²) in [5, 5.41) is 0.179. The number of rotatable bonds is 6. The van der Waals surface area contributed by atoms with Crippen molar-refractivity contribution in [2.24, 2.45) is 0 Å². The maximum absolute atomic E-state index is 12.4. The third kappa shape index (κ3) is 4.85. The number of benzene rings is 1. The van der Waals surface area contributed by atoms with Crippen LogP contribution in [0.15, 0.2) is 17.0 Å². The molecule has 8 heteroatoms. The summed E-state index contributed by atoms with van der Waals surface area (Å²) in [6, 6.07) is 2.47. The van der Waals surface area contributed by atoms with Crippen molar-refractivity contribution in [2.75, 3.05) is 26.8 Å². The van der Waals surface area contributed by atoms with E-state index < -0.39 is 9.05 Å². The van der Waals surface area contributed by atoms with Crippen molar-refractivity contribution >= 4 is 37.2 Å². The van der Waals surface area contributed by atoms with E-state index in [-0.39, 0.29) is 21.4 Å². The van der Waals surface area contributed by atoms with Crippen molar-refractivity contribution in [3.63, 3.8) is 0 Å². The van der Waals surface area contributed by atoms with Gasteiger partial charge in [0.2, 0.25) is 0 Å². The van der Waals surface area contributed by atoms with Crippen LogP contribution in [0.5, 0.6) is 0 Å². The van der Waals surface area contributed by atoms with Crippen LogP contribution in [-0.2, 0) is 13.8 Å². The molecule has 5 nitrogen and oxygen atoms in total. The lowest BCUT2D eigenvalue weighted by molar-refractivity contribution is 0.0709. The Kier molecular flexibility index (Phi) is 6.46. The van der Waals surface area contributed by atoms with Crippen LogP contribution in [0.3, 0.4) is 0 Å². The molecule has 0 spiro atoms. The fraction of sp³-hybridized carbons (Fsp3) is 0.462. The van der Waals surface area contributed by atoms with Crippen LogP contribution in [0, 0.1) is 6.92 Å². The average Bonchev–Trinajstić information content (AvgIpc) is 2.39. The van der Waals surface area contributed by atoms with Gasteiger partial charge in [-0.3, -0.25) is 4.79 Å². The molecule has 0 atom stereocenters. The minimum absolute atomic E-state index is 0.179. The summed E-state index contributed by atoms with van der Waals surface area (Å²) < 4.78 is 28.0. The predicted octanol–water partition coefficient (Wildman–Crippen LogP) is 2.68. The molecule has 1 aromatic carbocycles. The van der Waals surface area contributed by atoms with Gasteiger partial charge in [0.25, 0.3) is 15.0 Å². The van der Waals surface area contributed by atoms with Crippen molar-refractivity contribution in [2.45, 2.75) is 18.7 Å². The fourth-order valence-corrected chi connectivity index (χ4v) is 2.74. The molecule has 0 N–H and O–H groups in total. The van der Waals surface area contributed by atoms with Crippen LogP contribution in [0.2, 0.25) is 5.02 Å². The van der Waals surface area contributed by atoms with E-state index in [0.717, 1.165) is 0 Å². The van der Waals surface area contributed by atoms with E-state index in [1.54, 1.807) is 14.0 Å². The molecule has 21 heavy (non-hydrogen) atoms. The summed E-state index contributed by atoms with van der Waals surface area (Å²) >= 11 is 5.98. The molecule has 1 rings (SSSR count). The minimum atomic E-state index is -3.95. The average molecular weight is 354 g/mol. The molecule has 0 aliphatic rings. The number of halogens is 2. The topological polar surface area (TPSA) is 63.7 Å². The molecule has 0 bridgehead atoms. The van der Waals surface area contributed by atoms with E-state index in [1.807, 2.05) is 6.92 Å². The number of likely N-dealkylation sites (N-methyl/N-ethyl adjacent to an activating group) is 1. The van der Waals surface area contributed by atoms with Gasteiger partial charge in [-0.15, -0.1) is 0 Å². The molecular weight excluding hydrogens is 337 g/mol. The molecule has 0 saturated carbocycles. The molecule has 0 heterocycles. The van der Waals surface area contributed by atoms with E-state index in [0.29, 0.717) is 25.3 Å². The quantitative estimate of drug-likeness (QED) is 0.582. The molecule has 0 fully saturated rings. The maximum atomic E-state index is 12.4. The van der Waals surface area contributed by atoms with Gasteiger partial charge in [0.15, 0.2) is 0 Å². The van der Waals surface area contributed by atoms with Gasteiger partial charge in [0.1, 0.15) is 0 Å². The minimum Gasteiger partial charge on any atom is -0.380 e. The molecule has 0 aliphatic carbocycles. The zero-order valence-electron chi connectivity index (χ0n) is 12.0. The Labute approximate surface area is 134 Å². The van der Waals surface area contributed by atoms with Gasteiger partial charge in [0, 0.05) is 41.5 Å². The highest BCUT2D eigenvalue weighted by Crippen LogP contribution is 2.27. The first-order valence-electron chi connectivity index (χ1n) is 6.26. The molecular formula is C13H17Cl2NO4S. The Hall–Kier alpha value is -0.820. The van der Waals surface area contributed by atoms with Crippen LogP contribution in [0.4, 0.5) is 0 Å². The monoisotopic (exact) mass is 353 g/mol. The maximum Gasteiger partial charge on any atom is 0.261 e. The van der Waals surface area contributed by atoms with Crippen molar-refractivity contribution in [3.8, 4) is 0 Å². The lowest BCUT2D eigenvalue weighted by Gasteiger charge is -2.19. The van der Waals surface area contributed by atoms with Crippen LogP contribution in [0.1, 0.15) is 22.8 Å². The zero-order chi connectivity index (χ0) is 16.2. The lowest BCUT2D eigenvalue weighted by atomic mass is 10.1. The number of carbonyl (C=O) groups is 1. The SMILES string of the molecule is CCOCCN(C)C(=O)c1cc(S(=O)(=O)Cl)cc(Cl)c1C. The van der Waals surface area contributed by atoms with Gasteiger partial charge in [-0.05, 0) is 31.5 Å². The summed E-state index contributed by atoms with van der Waals surface area (Å²) in [5.74, 6) is -0.337. The van der Waals surface area contributed by atoms with Crippen LogP contribution in [-0.4, -0.2) is 46.0 Å². The molecule has 0 saturated heterocycles. The third-order valence-corrected chi connectivity index (χ3v) is 4.68. The first-order valence-corrected chi connectivity index (χ1v) is 8.95. The van der Waals surface area contributed by atoms with E-state index in [9.17, 15) is 13.2 Å². The largest absolute Gasteiger partial charge is 0.380 e. The molecule has 0 aliphatic heterocycles. The highest BCUT2D eigenvalue weighted by molar-refractivity contribution is 8.13. The molecule has 0 radical (unpaired) electrons. The first kappa shape index (κ1) is 18.2. The highest BCUT2D eigenvalue weighted by Gasteiger charge is 2.20. The van der Waals surface area contributed by atoms with Gasteiger partial charge in [0.05, 0.1) is 11.5 Å². The second kappa shape index (κ2) is 7.45. The van der Waals surface area contributed by atoms with Crippen molar-refractivity contribution in [1.82, 2.24) is 4.90 Å². The zero-order valence-corrected chi connectivity index (χ0v) is 14.3. The summed E-state index contributed by atoms with van der Waals surface area (Å²) in [4.78, 5) is 13.6. The summed E-state index contributed by atoms with van der Waals surface area (Å²) in [5.41, 5.74) is 0.717.